The molecule has 18 heavy (non-hydrogen) atoms. The lowest BCUT2D eigenvalue weighted by Crippen LogP contribution is -2.42. The molecule has 0 aliphatic carbocycles. The quantitative estimate of drug-likeness (QED) is 0.732. The first-order valence-electron chi connectivity index (χ1n) is 5.47. The molecule has 0 aliphatic rings. The third kappa shape index (κ3) is 4.35. The highest BCUT2D eigenvalue weighted by Gasteiger charge is 2.11. The van der Waals surface area contributed by atoms with E-state index in [1.165, 1.54) is 0 Å². The van der Waals surface area contributed by atoms with Crippen molar-refractivity contribution in [2.45, 2.75) is 13.0 Å². The molecule has 1 atom stereocenters. The van der Waals surface area contributed by atoms with Crippen molar-refractivity contribution in [3.63, 3.8) is 0 Å². The number of nitrogens with one attached hydrogen (secondary N) is 2. The molecule has 6 heteroatoms. The fourth-order valence-electron chi connectivity index (χ4n) is 1.27. The first kappa shape index (κ1) is 14.5. The summed E-state index contributed by atoms with van der Waals surface area (Å²) in [6.07, 6.45) is 0. The Balaban J connectivity index is 2.47. The second kappa shape index (κ2) is 6.98. The lowest BCUT2D eigenvalue weighted by atomic mass is 10.2. The lowest BCUT2D eigenvalue weighted by molar-refractivity contribution is -0.121. The predicted octanol–water partition coefficient (Wildman–Crippen LogP) is 0.567. The minimum Gasteiger partial charge on any atom is -0.394 e. The average molecular weight is 271 g/mol. The Morgan fingerprint density at radius 3 is 2.67 bits per heavy atom. The van der Waals surface area contributed by atoms with Gasteiger partial charge >= 0.3 is 0 Å². The number of rotatable bonds is 5. The van der Waals surface area contributed by atoms with Gasteiger partial charge in [0.1, 0.15) is 0 Å². The molecular formula is C12H15ClN2O3. The van der Waals surface area contributed by atoms with E-state index in [1.807, 2.05) is 0 Å². The molecule has 0 heterocycles. The summed E-state index contributed by atoms with van der Waals surface area (Å²) in [6, 6.07) is 6.24. The summed E-state index contributed by atoms with van der Waals surface area (Å²) in [7, 11) is 0. The van der Waals surface area contributed by atoms with Crippen LogP contribution in [-0.4, -0.2) is 36.1 Å². The molecule has 1 rings (SSSR count). The monoisotopic (exact) mass is 270 g/mol. The zero-order valence-electron chi connectivity index (χ0n) is 9.94. The van der Waals surface area contributed by atoms with Crippen molar-refractivity contribution in [3.8, 4) is 0 Å². The molecule has 0 saturated carbocycles. The van der Waals surface area contributed by atoms with Crippen LogP contribution in [0.3, 0.4) is 0 Å². The van der Waals surface area contributed by atoms with E-state index in [0.717, 1.165) is 0 Å². The van der Waals surface area contributed by atoms with Crippen LogP contribution < -0.4 is 10.6 Å². The Kier molecular flexibility index (Phi) is 5.61. The Labute approximate surface area is 110 Å². The van der Waals surface area contributed by atoms with Crippen LogP contribution in [0.2, 0.25) is 5.02 Å². The number of aliphatic hydroxyl groups is 1. The topological polar surface area (TPSA) is 78.4 Å². The van der Waals surface area contributed by atoms with Crippen LogP contribution in [-0.2, 0) is 4.79 Å². The van der Waals surface area contributed by atoms with Crippen LogP contribution in [0.1, 0.15) is 17.3 Å². The molecule has 3 N–H and O–H groups in total. The van der Waals surface area contributed by atoms with Gasteiger partial charge in [-0.05, 0) is 19.1 Å². The molecule has 5 nitrogen and oxygen atoms in total. The number of hydrogen-bond donors (Lipinski definition) is 3. The predicted molar refractivity (Wildman–Crippen MR) is 68.5 cm³/mol. The number of amides is 2. The van der Waals surface area contributed by atoms with Gasteiger partial charge in [-0.3, -0.25) is 9.59 Å². The minimum atomic E-state index is -0.410. The fourth-order valence-corrected chi connectivity index (χ4v) is 1.49. The Hall–Kier alpha value is -1.59. The van der Waals surface area contributed by atoms with Crippen LogP contribution in [0.25, 0.3) is 0 Å². The fraction of sp³-hybridized carbons (Fsp3) is 0.333. The Morgan fingerprint density at radius 1 is 1.39 bits per heavy atom. The summed E-state index contributed by atoms with van der Waals surface area (Å²) in [5, 5.41) is 14.1. The second-order valence-corrected chi connectivity index (χ2v) is 4.22. The molecule has 2 amide bonds. The van der Waals surface area contributed by atoms with Gasteiger partial charge in [0.15, 0.2) is 0 Å². The zero-order valence-corrected chi connectivity index (χ0v) is 10.7. The Bertz CT molecular complexity index is 437. The van der Waals surface area contributed by atoms with Crippen molar-refractivity contribution in [2.24, 2.45) is 0 Å². The van der Waals surface area contributed by atoms with Crippen molar-refractivity contribution in [2.75, 3.05) is 13.2 Å². The van der Waals surface area contributed by atoms with Crippen molar-refractivity contribution in [1.82, 2.24) is 10.6 Å². The summed E-state index contributed by atoms with van der Waals surface area (Å²) >= 11 is 5.85. The molecule has 98 valence electrons. The van der Waals surface area contributed by atoms with Crippen LogP contribution in [0.4, 0.5) is 0 Å². The van der Waals surface area contributed by atoms with E-state index in [1.54, 1.807) is 31.2 Å². The van der Waals surface area contributed by atoms with Crippen LogP contribution in [0.15, 0.2) is 24.3 Å². The van der Waals surface area contributed by atoms with Crippen LogP contribution >= 0.6 is 11.6 Å². The van der Waals surface area contributed by atoms with Crippen molar-refractivity contribution >= 4 is 23.4 Å². The maximum Gasteiger partial charge on any atom is 0.253 e. The molecule has 1 aromatic rings. The van der Waals surface area contributed by atoms with Crippen molar-refractivity contribution in [3.05, 3.63) is 34.9 Å². The summed E-state index contributed by atoms with van der Waals surface area (Å²) in [4.78, 5) is 23.1. The summed E-state index contributed by atoms with van der Waals surface area (Å²) in [6.45, 7) is 1.35. The van der Waals surface area contributed by atoms with Crippen LogP contribution in [0.5, 0.6) is 0 Å². The molecular weight excluding hydrogens is 256 g/mol. The number of carbonyl (C=O) groups excluding carboxylic acids is 2. The highest BCUT2D eigenvalue weighted by Crippen LogP contribution is 2.14. The lowest BCUT2D eigenvalue weighted by Gasteiger charge is -2.11. The smallest absolute Gasteiger partial charge is 0.253 e. The first-order valence-corrected chi connectivity index (χ1v) is 5.85. The number of carbonyl (C=O) groups is 2. The number of benzene rings is 1. The highest BCUT2D eigenvalue weighted by atomic mass is 35.5. The van der Waals surface area contributed by atoms with Crippen molar-refractivity contribution < 1.29 is 14.7 Å². The molecule has 0 unspecified atom stereocenters. The van der Waals surface area contributed by atoms with Gasteiger partial charge in [-0.1, -0.05) is 23.7 Å². The maximum atomic E-state index is 11.7. The zero-order chi connectivity index (χ0) is 13.5. The molecule has 0 fully saturated rings. The average Bonchev–Trinajstić information content (AvgIpc) is 2.36. The summed E-state index contributed by atoms with van der Waals surface area (Å²) < 4.78 is 0. The third-order valence-corrected chi connectivity index (χ3v) is 2.54. The van der Waals surface area contributed by atoms with Gasteiger partial charge in [0.2, 0.25) is 5.91 Å². The first-order chi connectivity index (χ1) is 8.54. The van der Waals surface area contributed by atoms with Gasteiger partial charge in [-0.2, -0.15) is 0 Å². The Morgan fingerprint density at radius 2 is 2.06 bits per heavy atom. The molecule has 0 spiro atoms. The van der Waals surface area contributed by atoms with Gasteiger partial charge in [-0.25, -0.2) is 0 Å². The van der Waals surface area contributed by atoms with Gasteiger partial charge in [-0.15, -0.1) is 0 Å². The maximum absolute atomic E-state index is 11.7. The number of hydrogen-bond acceptors (Lipinski definition) is 3. The van der Waals surface area contributed by atoms with E-state index in [-0.39, 0.29) is 25.1 Å². The van der Waals surface area contributed by atoms with Gasteiger partial charge in [0, 0.05) is 6.04 Å². The molecule has 0 bridgehead atoms. The SMILES string of the molecule is C[C@@H](CO)NC(=O)CNC(=O)c1ccccc1Cl. The summed E-state index contributed by atoms with van der Waals surface area (Å²) in [5.74, 6) is -0.774. The molecule has 0 radical (unpaired) electrons. The largest absolute Gasteiger partial charge is 0.394 e. The molecule has 0 aliphatic heterocycles. The normalized spacial score (nSPS) is 11.7. The molecule has 0 aromatic heterocycles. The van der Waals surface area contributed by atoms with E-state index >= 15 is 0 Å². The van der Waals surface area contributed by atoms with E-state index in [2.05, 4.69) is 10.6 Å². The van der Waals surface area contributed by atoms with Crippen molar-refractivity contribution in [1.29, 1.82) is 0 Å². The second-order valence-electron chi connectivity index (χ2n) is 3.81. The standard InChI is InChI=1S/C12H15ClN2O3/c1-8(7-16)15-11(17)6-14-12(18)9-4-2-3-5-10(9)13/h2-5,8,16H,6-7H2,1H3,(H,14,18)(H,15,17)/t8-/m0/s1. The third-order valence-electron chi connectivity index (χ3n) is 2.21. The van der Waals surface area contributed by atoms with E-state index in [0.29, 0.717) is 10.6 Å². The number of halogens is 1. The molecule has 1 aromatic carbocycles. The van der Waals surface area contributed by atoms with Gasteiger partial charge in [0.25, 0.3) is 5.91 Å². The van der Waals surface area contributed by atoms with E-state index in [9.17, 15) is 9.59 Å². The minimum absolute atomic E-state index is 0.149. The van der Waals surface area contributed by atoms with Crippen LogP contribution in [0, 0.1) is 0 Å². The summed E-state index contributed by atoms with van der Waals surface area (Å²) in [5.41, 5.74) is 0.321. The highest BCUT2D eigenvalue weighted by molar-refractivity contribution is 6.33. The van der Waals surface area contributed by atoms with Gasteiger partial charge < -0.3 is 15.7 Å². The number of aliphatic hydroxyl groups excluding tert-OH is 1. The van der Waals surface area contributed by atoms with Gasteiger partial charge in [0.05, 0.1) is 23.7 Å². The molecule has 0 saturated heterocycles. The van der Waals surface area contributed by atoms with E-state index in [4.69, 9.17) is 16.7 Å². The van der Waals surface area contributed by atoms with E-state index < -0.39 is 5.91 Å².